The molecule has 0 amide bonds. The first-order chi connectivity index (χ1) is 13.7. The number of nitrogens with zero attached hydrogens (tertiary/aromatic N) is 2. The Morgan fingerprint density at radius 3 is 2.64 bits per heavy atom. The van der Waals surface area contributed by atoms with Crippen molar-refractivity contribution in [3.05, 3.63) is 35.6 Å². The van der Waals surface area contributed by atoms with Crippen LogP contribution in [0.4, 0.5) is 4.39 Å². The number of halogens is 1. The maximum Gasteiger partial charge on any atom is 0.190 e. The smallest absolute Gasteiger partial charge is 0.190 e. The van der Waals surface area contributed by atoms with Crippen LogP contribution < -0.4 is 10.6 Å². The van der Waals surface area contributed by atoms with Gasteiger partial charge < -0.3 is 15.4 Å². The van der Waals surface area contributed by atoms with E-state index in [1.807, 2.05) is 19.2 Å². The van der Waals surface area contributed by atoms with E-state index < -0.39 is 0 Å². The van der Waals surface area contributed by atoms with E-state index in [9.17, 15) is 4.39 Å². The Kier molecular flexibility index (Phi) is 10.9. The Labute approximate surface area is 169 Å². The zero-order chi connectivity index (χ0) is 20.0. The number of piperidine rings is 1. The molecule has 158 valence electrons. The van der Waals surface area contributed by atoms with Crippen molar-refractivity contribution in [1.82, 2.24) is 15.5 Å². The molecule has 6 heteroatoms. The number of likely N-dealkylation sites (tertiary alicyclic amines) is 1. The molecule has 0 aliphatic carbocycles. The maximum absolute atomic E-state index is 13.8. The second-order valence-electron chi connectivity index (χ2n) is 7.51. The van der Waals surface area contributed by atoms with Crippen molar-refractivity contribution in [1.29, 1.82) is 0 Å². The Hall–Kier alpha value is -1.66. The summed E-state index contributed by atoms with van der Waals surface area (Å²) in [5, 5.41) is 6.80. The molecule has 1 heterocycles. The maximum atomic E-state index is 13.8. The highest BCUT2D eigenvalue weighted by Gasteiger charge is 2.20. The van der Waals surface area contributed by atoms with Gasteiger partial charge in [-0.2, -0.15) is 0 Å². The number of aliphatic imine (C=N–C) groups is 1. The lowest BCUT2D eigenvalue weighted by atomic mass is 9.96. The average molecular weight is 393 g/mol. The molecule has 1 saturated heterocycles. The number of benzene rings is 1. The molecule has 0 unspecified atom stereocenters. The highest BCUT2D eigenvalue weighted by atomic mass is 19.1. The van der Waals surface area contributed by atoms with Crippen molar-refractivity contribution in [2.75, 3.05) is 46.4 Å². The van der Waals surface area contributed by atoms with Crippen LogP contribution >= 0.6 is 0 Å². The van der Waals surface area contributed by atoms with E-state index >= 15 is 0 Å². The van der Waals surface area contributed by atoms with Gasteiger partial charge in [0.2, 0.25) is 0 Å². The van der Waals surface area contributed by atoms with Crippen LogP contribution in [0.1, 0.15) is 44.6 Å². The molecule has 2 rings (SSSR count). The molecular formula is C22H37FN4O. The number of guanidine groups is 1. The lowest BCUT2D eigenvalue weighted by molar-refractivity contribution is 0.129. The molecule has 1 aliphatic heterocycles. The SMILES string of the molecule is CCCCOCCCNC(=NC)NCC1CCN(Cc2ccccc2F)CC1. The normalized spacial score (nSPS) is 16.3. The van der Waals surface area contributed by atoms with Crippen LogP contribution in [0.5, 0.6) is 0 Å². The zero-order valence-corrected chi connectivity index (χ0v) is 17.6. The number of rotatable bonds is 11. The molecule has 0 spiro atoms. The van der Waals surface area contributed by atoms with Crippen molar-refractivity contribution in [3.63, 3.8) is 0 Å². The molecule has 0 aromatic heterocycles. The third-order valence-corrected chi connectivity index (χ3v) is 5.24. The van der Waals surface area contributed by atoms with Gasteiger partial charge >= 0.3 is 0 Å². The van der Waals surface area contributed by atoms with Crippen molar-refractivity contribution in [3.8, 4) is 0 Å². The van der Waals surface area contributed by atoms with Gasteiger partial charge in [-0.05, 0) is 50.8 Å². The molecule has 1 fully saturated rings. The Morgan fingerprint density at radius 1 is 1.18 bits per heavy atom. The third kappa shape index (κ3) is 8.57. The second-order valence-corrected chi connectivity index (χ2v) is 7.51. The molecule has 1 aromatic carbocycles. The summed E-state index contributed by atoms with van der Waals surface area (Å²) >= 11 is 0. The summed E-state index contributed by atoms with van der Waals surface area (Å²) in [4.78, 5) is 6.65. The van der Waals surface area contributed by atoms with Crippen LogP contribution in [0.15, 0.2) is 29.3 Å². The van der Waals surface area contributed by atoms with Crippen LogP contribution in [0, 0.1) is 11.7 Å². The van der Waals surface area contributed by atoms with Gasteiger partial charge in [-0.3, -0.25) is 9.89 Å². The Bertz CT molecular complexity index is 573. The minimum absolute atomic E-state index is 0.100. The number of hydrogen-bond acceptors (Lipinski definition) is 3. The summed E-state index contributed by atoms with van der Waals surface area (Å²) in [5.41, 5.74) is 0.794. The summed E-state index contributed by atoms with van der Waals surface area (Å²) in [6, 6.07) is 7.08. The van der Waals surface area contributed by atoms with Crippen molar-refractivity contribution in [2.24, 2.45) is 10.9 Å². The van der Waals surface area contributed by atoms with E-state index in [2.05, 4.69) is 27.4 Å². The molecular weight excluding hydrogens is 355 g/mol. The Morgan fingerprint density at radius 2 is 1.93 bits per heavy atom. The highest BCUT2D eigenvalue weighted by Crippen LogP contribution is 2.19. The van der Waals surface area contributed by atoms with Gasteiger partial charge in [-0.25, -0.2) is 4.39 Å². The van der Waals surface area contributed by atoms with Gasteiger partial charge in [0, 0.05) is 45.5 Å². The van der Waals surface area contributed by atoms with Gasteiger partial charge in [0.15, 0.2) is 5.96 Å². The summed E-state index contributed by atoms with van der Waals surface area (Å²) in [7, 11) is 1.81. The first-order valence-corrected chi connectivity index (χ1v) is 10.7. The van der Waals surface area contributed by atoms with Crippen LogP contribution in [0.2, 0.25) is 0 Å². The van der Waals surface area contributed by atoms with Gasteiger partial charge in [0.1, 0.15) is 5.82 Å². The quantitative estimate of drug-likeness (QED) is 0.344. The molecule has 0 bridgehead atoms. The van der Waals surface area contributed by atoms with Gasteiger partial charge in [0.05, 0.1) is 0 Å². The summed E-state index contributed by atoms with van der Waals surface area (Å²) < 4.78 is 19.4. The minimum Gasteiger partial charge on any atom is -0.381 e. The molecule has 5 nitrogen and oxygen atoms in total. The molecule has 0 atom stereocenters. The first kappa shape index (κ1) is 22.6. The van der Waals surface area contributed by atoms with Crippen LogP contribution in [-0.2, 0) is 11.3 Å². The first-order valence-electron chi connectivity index (χ1n) is 10.7. The molecule has 2 N–H and O–H groups in total. The molecule has 0 saturated carbocycles. The van der Waals surface area contributed by atoms with E-state index in [0.29, 0.717) is 12.5 Å². The van der Waals surface area contributed by atoms with Gasteiger partial charge in [0.25, 0.3) is 0 Å². The van der Waals surface area contributed by atoms with Crippen molar-refractivity contribution >= 4 is 5.96 Å². The van der Waals surface area contributed by atoms with Gasteiger partial charge in [-0.1, -0.05) is 31.5 Å². The number of ether oxygens (including phenoxy) is 1. The molecule has 1 aliphatic rings. The number of nitrogens with one attached hydrogen (secondary N) is 2. The lowest BCUT2D eigenvalue weighted by Crippen LogP contribution is -2.43. The van der Waals surface area contributed by atoms with Crippen LogP contribution in [0.25, 0.3) is 0 Å². The van der Waals surface area contributed by atoms with E-state index in [1.54, 1.807) is 12.1 Å². The molecule has 1 aromatic rings. The lowest BCUT2D eigenvalue weighted by Gasteiger charge is -2.32. The third-order valence-electron chi connectivity index (χ3n) is 5.24. The Balaban J connectivity index is 1.57. The predicted octanol–water partition coefficient (Wildman–Crippen LogP) is 3.41. The summed E-state index contributed by atoms with van der Waals surface area (Å²) in [5.74, 6) is 1.40. The second kappa shape index (κ2) is 13.5. The van der Waals surface area contributed by atoms with E-state index in [0.717, 1.165) is 76.6 Å². The van der Waals surface area contributed by atoms with Crippen molar-refractivity contribution in [2.45, 2.75) is 45.6 Å². The monoisotopic (exact) mass is 392 g/mol. The number of unbranched alkanes of at least 4 members (excludes halogenated alkanes) is 1. The molecule has 0 radical (unpaired) electrons. The van der Waals surface area contributed by atoms with E-state index in [4.69, 9.17) is 4.74 Å². The molecule has 28 heavy (non-hydrogen) atoms. The van der Waals surface area contributed by atoms with E-state index in [-0.39, 0.29) is 5.82 Å². The fourth-order valence-electron chi connectivity index (χ4n) is 3.41. The van der Waals surface area contributed by atoms with E-state index in [1.165, 1.54) is 6.42 Å². The average Bonchev–Trinajstić information content (AvgIpc) is 2.72. The van der Waals surface area contributed by atoms with Crippen LogP contribution in [0.3, 0.4) is 0 Å². The standard InChI is InChI=1S/C22H37FN4O/c1-3-4-15-28-16-7-12-25-22(24-2)26-17-19-10-13-27(14-11-19)18-20-8-5-6-9-21(20)23/h5-6,8-9,19H,3-4,7,10-18H2,1-2H3,(H2,24,25,26). The highest BCUT2D eigenvalue weighted by molar-refractivity contribution is 5.79. The summed E-state index contributed by atoms with van der Waals surface area (Å²) in [6.45, 7) is 8.37. The number of hydrogen-bond donors (Lipinski definition) is 2. The minimum atomic E-state index is -0.100. The van der Waals surface area contributed by atoms with Gasteiger partial charge in [-0.15, -0.1) is 0 Å². The fourth-order valence-corrected chi connectivity index (χ4v) is 3.41. The topological polar surface area (TPSA) is 48.9 Å². The summed E-state index contributed by atoms with van der Waals surface area (Å²) in [6.07, 6.45) is 5.55. The fraction of sp³-hybridized carbons (Fsp3) is 0.682. The largest absolute Gasteiger partial charge is 0.381 e. The van der Waals surface area contributed by atoms with Crippen LogP contribution in [-0.4, -0.2) is 57.3 Å². The van der Waals surface area contributed by atoms with Crippen molar-refractivity contribution < 1.29 is 9.13 Å². The predicted molar refractivity (Wildman–Crippen MR) is 114 cm³/mol. The zero-order valence-electron chi connectivity index (χ0n) is 17.6.